The summed E-state index contributed by atoms with van der Waals surface area (Å²) in [5, 5.41) is 0. The molecule has 5 heteroatoms. The zero-order chi connectivity index (χ0) is 17.1. The number of aliphatic imine (C=N–C) groups is 2. The minimum Gasteiger partial charge on any atom is -0.191 e. The summed E-state index contributed by atoms with van der Waals surface area (Å²) >= 11 is 0. The first-order valence-electron chi connectivity index (χ1n) is 8.48. The molecule has 2 unspecified atom stereocenters. The molecule has 1 saturated heterocycles. The van der Waals surface area contributed by atoms with Crippen LogP contribution in [0.1, 0.15) is 66.0 Å². The predicted molar refractivity (Wildman–Crippen MR) is 98.8 cm³/mol. The Morgan fingerprint density at radius 3 is 2.29 bits per heavy atom. The number of rotatable bonds is 2. The molecule has 3 rings (SSSR count). The number of nitrogens with zero attached hydrogens (tertiary/aromatic N) is 3. The van der Waals surface area contributed by atoms with Crippen molar-refractivity contribution in [2.24, 2.45) is 9.98 Å². The minimum atomic E-state index is -0.280. The van der Waals surface area contributed by atoms with Crippen molar-refractivity contribution in [3.8, 4) is 0 Å². The van der Waals surface area contributed by atoms with Crippen LogP contribution in [0.2, 0.25) is 0 Å². The van der Waals surface area contributed by atoms with E-state index in [4.69, 9.17) is 0 Å². The molecule has 0 bridgehead atoms. The van der Waals surface area contributed by atoms with Crippen molar-refractivity contribution in [3.05, 3.63) is 29.3 Å². The Morgan fingerprint density at radius 2 is 1.75 bits per heavy atom. The summed E-state index contributed by atoms with van der Waals surface area (Å²) in [4.78, 5) is 9.01. The molecule has 0 amide bonds. The van der Waals surface area contributed by atoms with Crippen molar-refractivity contribution in [2.75, 3.05) is 0 Å². The first-order valence-corrected chi connectivity index (χ1v) is 8.48. The summed E-state index contributed by atoms with van der Waals surface area (Å²) in [5.41, 5.74) is 7.74. The second kappa shape index (κ2) is 5.76. The maximum absolute atomic E-state index is 4.66. The first kappa shape index (κ1) is 19.3. The van der Waals surface area contributed by atoms with Gasteiger partial charge in [-0.05, 0) is 16.4 Å². The monoisotopic (exact) mass is 371 g/mol. The molecular formula is C19H29N4Ni+. The van der Waals surface area contributed by atoms with Gasteiger partial charge in [0.05, 0.1) is 0 Å². The minimum absolute atomic E-state index is 0. The summed E-state index contributed by atoms with van der Waals surface area (Å²) in [6.45, 7) is 15.7. The molecule has 0 aromatic heterocycles. The number of benzene rings is 1. The molecule has 0 spiro atoms. The van der Waals surface area contributed by atoms with Crippen LogP contribution in [0.25, 0.3) is 0 Å². The third kappa shape index (κ3) is 2.77. The second-order valence-electron chi connectivity index (χ2n) is 8.75. The molecule has 2 aliphatic rings. The third-order valence-corrected chi connectivity index (χ3v) is 5.01. The van der Waals surface area contributed by atoms with Crippen LogP contribution in [0, 0.1) is 0 Å². The maximum Gasteiger partial charge on any atom is 0.322 e. The van der Waals surface area contributed by atoms with Gasteiger partial charge in [-0.15, -0.1) is 4.59 Å². The maximum atomic E-state index is 4.66. The van der Waals surface area contributed by atoms with Gasteiger partial charge in [0.2, 0.25) is 6.34 Å². The number of hydrogen-bond donors (Lipinski definition) is 1. The van der Waals surface area contributed by atoms with E-state index in [9.17, 15) is 0 Å². The first-order chi connectivity index (χ1) is 10.6. The Morgan fingerprint density at radius 1 is 1.08 bits per heavy atom. The fourth-order valence-electron chi connectivity index (χ4n) is 3.43. The Kier molecular flexibility index (Phi) is 4.63. The van der Waals surface area contributed by atoms with E-state index < -0.39 is 0 Å². The van der Waals surface area contributed by atoms with Crippen LogP contribution in [0.4, 0.5) is 5.69 Å². The molecular weight excluding hydrogens is 343 g/mol. The molecule has 2 atom stereocenters. The van der Waals surface area contributed by atoms with Crippen molar-refractivity contribution in [1.82, 2.24) is 10.0 Å². The largest absolute Gasteiger partial charge is 0.322 e. The molecule has 0 radical (unpaired) electrons. The van der Waals surface area contributed by atoms with Gasteiger partial charge >= 0.3 is 5.79 Å². The van der Waals surface area contributed by atoms with Crippen LogP contribution in [0.15, 0.2) is 28.2 Å². The number of fused-ring (bicyclic) bond motifs is 1. The van der Waals surface area contributed by atoms with Gasteiger partial charge in [-0.1, -0.05) is 66.0 Å². The summed E-state index contributed by atoms with van der Waals surface area (Å²) in [5.74, 6) is -0.280. The van der Waals surface area contributed by atoms with Gasteiger partial charge in [-0.3, -0.25) is 0 Å². The summed E-state index contributed by atoms with van der Waals surface area (Å²) < 4.78 is 0.538. The Bertz CT molecular complexity index is 696. The summed E-state index contributed by atoms with van der Waals surface area (Å²) in [6.07, 6.45) is 4.59. The van der Waals surface area contributed by atoms with E-state index in [1.54, 1.807) is 6.34 Å². The van der Waals surface area contributed by atoms with Crippen LogP contribution in [-0.4, -0.2) is 18.5 Å². The number of nitrogens with one attached hydrogen (secondary N) is 1. The zero-order valence-corrected chi connectivity index (χ0v) is 16.7. The third-order valence-electron chi connectivity index (χ3n) is 5.01. The van der Waals surface area contributed by atoms with Crippen molar-refractivity contribution < 1.29 is 16.5 Å². The molecule has 0 saturated carbocycles. The smallest absolute Gasteiger partial charge is 0.191 e. The number of quaternary nitrogens is 1. The predicted octanol–water partition coefficient (Wildman–Crippen LogP) is 4.24. The van der Waals surface area contributed by atoms with Gasteiger partial charge < -0.3 is 0 Å². The molecule has 4 nitrogen and oxygen atoms in total. The van der Waals surface area contributed by atoms with E-state index in [0.29, 0.717) is 4.59 Å². The Labute approximate surface area is 155 Å². The fourth-order valence-corrected chi connectivity index (χ4v) is 3.43. The summed E-state index contributed by atoms with van der Waals surface area (Å²) in [7, 11) is 0. The van der Waals surface area contributed by atoms with Crippen molar-refractivity contribution in [3.63, 3.8) is 0 Å². The summed E-state index contributed by atoms with van der Waals surface area (Å²) in [6, 6.07) is 6.90. The fraction of sp³-hybridized carbons (Fsp3) is 0.579. The van der Waals surface area contributed by atoms with Crippen LogP contribution in [0.5, 0.6) is 0 Å². The molecule has 1 N–H and O–H groups in total. The number of hydrogen-bond acceptors (Lipinski definition) is 3. The zero-order valence-electron chi connectivity index (χ0n) is 15.8. The van der Waals surface area contributed by atoms with Gasteiger partial charge in [0, 0.05) is 34.5 Å². The standard InChI is InChI=1S/C19H29N4.Ni/c1-8-19-21-12-20-13-23(19,22-19)16-11-14(17(2,3)4)9-10-15(16)18(5,6)7;/h9-13,22H,8H2,1-7H3;/q+1;. The average molecular weight is 372 g/mol. The van der Waals surface area contributed by atoms with E-state index in [1.807, 2.05) is 6.34 Å². The van der Waals surface area contributed by atoms with E-state index >= 15 is 0 Å². The Balaban J connectivity index is 0.00000208. The van der Waals surface area contributed by atoms with Crippen LogP contribution < -0.4 is 10.0 Å². The van der Waals surface area contributed by atoms with Gasteiger partial charge in [0.25, 0.3) is 0 Å². The molecule has 24 heavy (non-hydrogen) atoms. The van der Waals surface area contributed by atoms with E-state index in [2.05, 4.69) is 82.1 Å². The topological polar surface area (TPSA) is 46.7 Å². The molecule has 1 aromatic rings. The molecule has 2 aliphatic heterocycles. The SMILES string of the molecule is CCC12N=CN=C[N+]1(c1cc(C(C)(C)C)ccc1C(C)(C)C)N2.[Ni]. The molecule has 134 valence electrons. The molecule has 1 aromatic carbocycles. The molecule has 2 heterocycles. The van der Waals surface area contributed by atoms with Gasteiger partial charge in [-0.25, -0.2) is 0 Å². The Hall–Kier alpha value is -1.03. The molecule has 1 fully saturated rings. The van der Waals surface area contributed by atoms with Crippen LogP contribution in [-0.2, 0) is 27.3 Å². The van der Waals surface area contributed by atoms with Gasteiger partial charge in [0.1, 0.15) is 6.34 Å². The second-order valence-corrected chi connectivity index (χ2v) is 8.75. The average Bonchev–Trinajstić information content (AvgIpc) is 3.16. The normalized spacial score (nSPS) is 28.3. The van der Waals surface area contributed by atoms with Crippen LogP contribution >= 0.6 is 0 Å². The van der Waals surface area contributed by atoms with Crippen molar-refractivity contribution in [1.29, 1.82) is 0 Å². The van der Waals surface area contributed by atoms with Crippen molar-refractivity contribution >= 4 is 18.4 Å². The molecule has 0 aliphatic carbocycles. The van der Waals surface area contributed by atoms with Crippen LogP contribution in [0.3, 0.4) is 0 Å². The van der Waals surface area contributed by atoms with Crippen molar-refractivity contribution in [2.45, 2.75) is 71.5 Å². The van der Waals surface area contributed by atoms with Gasteiger partial charge in [-0.2, -0.15) is 9.98 Å². The van der Waals surface area contributed by atoms with E-state index in [-0.39, 0.29) is 33.1 Å². The van der Waals surface area contributed by atoms with E-state index in [1.165, 1.54) is 16.8 Å². The quantitative estimate of drug-likeness (QED) is 0.471. The van der Waals surface area contributed by atoms with E-state index in [0.717, 1.165) is 6.42 Å². The van der Waals surface area contributed by atoms with Gasteiger partial charge in [0.15, 0.2) is 5.69 Å².